The molecule has 130 valence electrons. The molecule has 1 aliphatic heterocycles. The Labute approximate surface area is 137 Å². The van der Waals surface area contributed by atoms with E-state index in [9.17, 15) is 13.2 Å². The first-order valence-electron chi connectivity index (χ1n) is 8.35. The fourth-order valence-electron chi connectivity index (χ4n) is 2.87. The zero-order chi connectivity index (χ0) is 17.1. The van der Waals surface area contributed by atoms with E-state index in [4.69, 9.17) is 0 Å². The second-order valence-corrected chi connectivity index (χ2v) is 7.38. The quantitative estimate of drug-likeness (QED) is 0.845. The zero-order valence-corrected chi connectivity index (χ0v) is 14.3. The first-order chi connectivity index (χ1) is 10.7. The topological polar surface area (TPSA) is 15.3 Å². The predicted octanol–water partition coefficient (Wildman–Crippen LogP) is 4.90. The Kier molecular flexibility index (Phi) is 5.61. The van der Waals surface area contributed by atoms with Gasteiger partial charge in [0.25, 0.3) is 0 Å². The highest BCUT2D eigenvalue weighted by Crippen LogP contribution is 2.35. The summed E-state index contributed by atoms with van der Waals surface area (Å²) in [5.74, 6) is 0. The van der Waals surface area contributed by atoms with Crippen molar-refractivity contribution >= 4 is 5.69 Å². The fraction of sp³-hybridized carbons (Fsp3) is 0.667. The van der Waals surface area contributed by atoms with Crippen molar-refractivity contribution in [2.45, 2.75) is 51.6 Å². The summed E-state index contributed by atoms with van der Waals surface area (Å²) in [6.45, 7) is 9.53. The normalized spacial score (nSPS) is 17.3. The Hall–Kier alpha value is -1.23. The van der Waals surface area contributed by atoms with E-state index in [0.717, 1.165) is 19.6 Å². The van der Waals surface area contributed by atoms with Gasteiger partial charge in [0.1, 0.15) is 0 Å². The molecule has 1 N–H and O–H groups in total. The van der Waals surface area contributed by atoms with E-state index >= 15 is 0 Å². The van der Waals surface area contributed by atoms with Crippen LogP contribution < -0.4 is 5.32 Å². The van der Waals surface area contributed by atoms with E-state index in [1.807, 2.05) is 26.8 Å². The second-order valence-electron chi connectivity index (χ2n) is 7.38. The van der Waals surface area contributed by atoms with Crippen LogP contribution in [0.25, 0.3) is 0 Å². The molecular weight excluding hydrogens is 301 g/mol. The van der Waals surface area contributed by atoms with Crippen molar-refractivity contribution in [3.63, 3.8) is 0 Å². The molecule has 0 saturated carbocycles. The minimum absolute atomic E-state index is 0.315. The van der Waals surface area contributed by atoms with Gasteiger partial charge in [-0.1, -0.05) is 27.2 Å². The Morgan fingerprint density at radius 1 is 0.957 bits per heavy atom. The molecule has 5 heteroatoms. The molecule has 0 atom stereocenters. The van der Waals surface area contributed by atoms with Crippen LogP contribution in [-0.4, -0.2) is 31.1 Å². The number of alkyl halides is 3. The lowest BCUT2D eigenvalue weighted by Gasteiger charge is -2.27. The number of anilines is 1. The molecule has 1 aromatic carbocycles. The molecule has 1 fully saturated rings. The van der Waals surface area contributed by atoms with Gasteiger partial charge in [-0.05, 0) is 55.1 Å². The maximum Gasteiger partial charge on any atom is 0.416 e. The average Bonchev–Trinajstić information content (AvgIpc) is 2.46. The number of hydrogen-bond acceptors (Lipinski definition) is 2. The van der Waals surface area contributed by atoms with E-state index in [0.29, 0.717) is 17.8 Å². The van der Waals surface area contributed by atoms with Gasteiger partial charge in [0.05, 0.1) is 5.56 Å². The van der Waals surface area contributed by atoms with E-state index in [-0.39, 0.29) is 5.41 Å². The lowest BCUT2D eigenvalue weighted by Crippen LogP contribution is -2.33. The third-order valence-electron chi connectivity index (χ3n) is 4.33. The maximum absolute atomic E-state index is 13.1. The van der Waals surface area contributed by atoms with E-state index in [1.54, 1.807) is 0 Å². The number of benzene rings is 1. The van der Waals surface area contributed by atoms with Gasteiger partial charge >= 0.3 is 6.18 Å². The van der Waals surface area contributed by atoms with Crippen molar-refractivity contribution in [2.75, 3.05) is 31.5 Å². The van der Waals surface area contributed by atoms with Gasteiger partial charge in [0.2, 0.25) is 0 Å². The van der Waals surface area contributed by atoms with Gasteiger partial charge < -0.3 is 10.2 Å². The van der Waals surface area contributed by atoms with Crippen LogP contribution in [0.4, 0.5) is 18.9 Å². The molecule has 2 rings (SSSR count). The van der Waals surface area contributed by atoms with Crippen LogP contribution in [0.2, 0.25) is 0 Å². The summed E-state index contributed by atoms with van der Waals surface area (Å²) in [7, 11) is 0. The van der Waals surface area contributed by atoms with Crippen LogP contribution in [0.1, 0.15) is 51.2 Å². The van der Waals surface area contributed by atoms with Crippen molar-refractivity contribution in [1.29, 1.82) is 0 Å². The molecule has 23 heavy (non-hydrogen) atoms. The first-order valence-corrected chi connectivity index (χ1v) is 8.35. The summed E-state index contributed by atoms with van der Waals surface area (Å²) in [5, 5.41) is 3.18. The van der Waals surface area contributed by atoms with Crippen molar-refractivity contribution in [3.05, 3.63) is 29.3 Å². The van der Waals surface area contributed by atoms with Gasteiger partial charge in [-0.2, -0.15) is 13.2 Å². The number of halogens is 3. The van der Waals surface area contributed by atoms with Gasteiger partial charge in [-0.15, -0.1) is 0 Å². The number of likely N-dealkylation sites (tertiary alicyclic amines) is 1. The van der Waals surface area contributed by atoms with Crippen LogP contribution in [-0.2, 0) is 11.6 Å². The molecule has 1 aliphatic rings. The zero-order valence-electron chi connectivity index (χ0n) is 14.3. The predicted molar refractivity (Wildman–Crippen MR) is 88.9 cm³/mol. The van der Waals surface area contributed by atoms with Crippen LogP contribution in [0.15, 0.2) is 18.2 Å². The smallest absolute Gasteiger partial charge is 0.384 e. The van der Waals surface area contributed by atoms with Crippen molar-refractivity contribution in [1.82, 2.24) is 4.90 Å². The molecule has 2 nitrogen and oxygen atoms in total. The molecule has 1 saturated heterocycles. The van der Waals surface area contributed by atoms with Gasteiger partial charge in [-0.25, -0.2) is 0 Å². The van der Waals surface area contributed by atoms with Crippen molar-refractivity contribution in [2.24, 2.45) is 0 Å². The van der Waals surface area contributed by atoms with Crippen LogP contribution >= 0.6 is 0 Å². The fourth-order valence-corrected chi connectivity index (χ4v) is 2.87. The molecule has 0 aromatic heterocycles. The SMILES string of the molecule is CC(C)(C)c1cc(NCCN2CCCCC2)cc(C(F)(F)F)c1. The summed E-state index contributed by atoms with van der Waals surface area (Å²) in [6.07, 6.45) is -0.591. The highest BCUT2D eigenvalue weighted by atomic mass is 19.4. The summed E-state index contributed by atoms with van der Waals surface area (Å²) in [4.78, 5) is 2.37. The summed E-state index contributed by atoms with van der Waals surface area (Å²) in [6, 6.07) is 4.31. The molecule has 0 radical (unpaired) electrons. The Morgan fingerprint density at radius 3 is 2.13 bits per heavy atom. The van der Waals surface area contributed by atoms with Crippen LogP contribution in [0.5, 0.6) is 0 Å². The molecule has 0 unspecified atom stereocenters. The third-order valence-corrected chi connectivity index (χ3v) is 4.33. The number of piperidine rings is 1. The molecule has 0 aliphatic carbocycles. The Morgan fingerprint density at radius 2 is 1.57 bits per heavy atom. The van der Waals surface area contributed by atoms with Gasteiger partial charge in [0, 0.05) is 18.8 Å². The molecule has 0 bridgehead atoms. The minimum Gasteiger partial charge on any atom is -0.384 e. The van der Waals surface area contributed by atoms with E-state index in [2.05, 4.69) is 10.2 Å². The molecule has 1 aromatic rings. The summed E-state index contributed by atoms with van der Waals surface area (Å²) in [5.41, 5.74) is 0.366. The molecule has 1 heterocycles. The lowest BCUT2D eigenvalue weighted by molar-refractivity contribution is -0.137. The van der Waals surface area contributed by atoms with Crippen LogP contribution in [0, 0.1) is 0 Å². The van der Waals surface area contributed by atoms with Gasteiger partial charge in [-0.3, -0.25) is 0 Å². The molecular formula is C18H27F3N2. The van der Waals surface area contributed by atoms with E-state index < -0.39 is 11.7 Å². The van der Waals surface area contributed by atoms with Gasteiger partial charge in [0.15, 0.2) is 0 Å². The maximum atomic E-state index is 13.1. The third kappa shape index (κ3) is 5.41. The number of rotatable bonds is 4. The monoisotopic (exact) mass is 328 g/mol. The summed E-state index contributed by atoms with van der Waals surface area (Å²) >= 11 is 0. The first kappa shape index (κ1) is 18.1. The Balaban J connectivity index is 2.07. The van der Waals surface area contributed by atoms with Crippen molar-refractivity contribution in [3.8, 4) is 0 Å². The lowest BCUT2D eigenvalue weighted by atomic mass is 9.85. The highest BCUT2D eigenvalue weighted by molar-refractivity contribution is 5.51. The summed E-state index contributed by atoms with van der Waals surface area (Å²) < 4.78 is 39.3. The standard InChI is InChI=1S/C18H27F3N2/c1-17(2,3)14-11-15(18(19,20)21)13-16(12-14)22-7-10-23-8-5-4-6-9-23/h11-13,22H,4-10H2,1-3H3. The second kappa shape index (κ2) is 7.12. The number of hydrogen-bond donors (Lipinski definition) is 1. The largest absolute Gasteiger partial charge is 0.416 e. The average molecular weight is 328 g/mol. The number of nitrogens with zero attached hydrogens (tertiary/aromatic N) is 1. The van der Waals surface area contributed by atoms with E-state index in [1.165, 1.54) is 31.4 Å². The highest BCUT2D eigenvalue weighted by Gasteiger charge is 2.32. The van der Waals surface area contributed by atoms with Crippen LogP contribution in [0.3, 0.4) is 0 Å². The van der Waals surface area contributed by atoms with Crippen molar-refractivity contribution < 1.29 is 13.2 Å². The molecule has 0 spiro atoms. The minimum atomic E-state index is -4.31. The Bertz CT molecular complexity index is 480. The molecule has 0 amide bonds. The number of nitrogens with one attached hydrogen (secondary N) is 1.